The number of carbonyl (C=O) groups excluding carboxylic acids is 1. The summed E-state index contributed by atoms with van der Waals surface area (Å²) in [5, 5.41) is 16.4. The number of cyclic esters (lactones) is 1. The van der Waals surface area contributed by atoms with Crippen LogP contribution in [0.3, 0.4) is 0 Å². The number of carbonyl (C=O) groups is 1. The molecule has 2 aromatic rings. The van der Waals surface area contributed by atoms with E-state index in [1.54, 1.807) is 30.3 Å². The first-order valence-corrected chi connectivity index (χ1v) is 13.6. The number of hydrogen-bond donors (Lipinski definition) is 2. The number of aromatic nitrogens is 1. The summed E-state index contributed by atoms with van der Waals surface area (Å²) in [7, 11) is -4.09. The number of hydrogen-bond acceptors (Lipinski definition) is 6. The SMILES string of the molecule is CCCC1(CCC)CC(O)=C(c2cccc(-c3cccnc3S(N)(=O)=O)c2CC(C)(C)C)C(=O)O1. The predicted octanol–water partition coefficient (Wildman–Crippen LogP) is 5.54. The minimum atomic E-state index is -4.09. The van der Waals surface area contributed by atoms with Gasteiger partial charge in [0, 0.05) is 18.2 Å². The molecular formula is C27H36N2O5S. The Morgan fingerprint density at radius 2 is 1.66 bits per heavy atom. The van der Waals surface area contributed by atoms with Crippen molar-refractivity contribution in [3.05, 3.63) is 53.4 Å². The van der Waals surface area contributed by atoms with E-state index in [9.17, 15) is 18.3 Å². The Morgan fingerprint density at radius 3 is 2.20 bits per heavy atom. The smallest absolute Gasteiger partial charge is 0.342 e. The van der Waals surface area contributed by atoms with E-state index >= 15 is 0 Å². The Hall–Kier alpha value is -2.71. The molecule has 0 unspecified atom stereocenters. The minimum absolute atomic E-state index is 0.00770. The fraction of sp³-hybridized carbons (Fsp3) is 0.481. The molecule has 3 N–H and O–H groups in total. The van der Waals surface area contributed by atoms with E-state index in [1.807, 2.05) is 13.8 Å². The van der Waals surface area contributed by atoms with Crippen molar-refractivity contribution in [1.82, 2.24) is 4.98 Å². The lowest BCUT2D eigenvalue weighted by atomic mass is 9.79. The van der Waals surface area contributed by atoms with Gasteiger partial charge in [-0.2, -0.15) is 0 Å². The summed E-state index contributed by atoms with van der Waals surface area (Å²) in [5.74, 6) is -0.547. The molecule has 0 saturated heterocycles. The maximum absolute atomic E-state index is 13.4. The van der Waals surface area contributed by atoms with Crippen LogP contribution >= 0.6 is 0 Å². The zero-order valence-electron chi connectivity index (χ0n) is 21.2. The molecule has 0 radical (unpaired) electrons. The van der Waals surface area contributed by atoms with Crippen LogP contribution in [-0.4, -0.2) is 30.1 Å². The normalized spacial score (nSPS) is 16.3. The summed E-state index contributed by atoms with van der Waals surface area (Å²) in [6.45, 7) is 10.2. The molecule has 0 spiro atoms. The van der Waals surface area contributed by atoms with Gasteiger partial charge in [-0.15, -0.1) is 0 Å². The van der Waals surface area contributed by atoms with Crippen molar-refractivity contribution in [2.75, 3.05) is 0 Å². The number of nitrogens with zero attached hydrogens (tertiary/aromatic N) is 1. The third-order valence-electron chi connectivity index (χ3n) is 6.19. The van der Waals surface area contributed by atoms with Crippen LogP contribution in [0.25, 0.3) is 16.7 Å². The van der Waals surface area contributed by atoms with Crippen LogP contribution in [0.1, 0.15) is 77.8 Å². The number of nitrogens with two attached hydrogens (primary N) is 1. The number of benzene rings is 1. The molecule has 1 aliphatic heterocycles. The lowest BCUT2D eigenvalue weighted by molar-refractivity contribution is -0.157. The van der Waals surface area contributed by atoms with E-state index in [2.05, 4.69) is 25.8 Å². The van der Waals surface area contributed by atoms with Crippen molar-refractivity contribution < 1.29 is 23.1 Å². The fourth-order valence-corrected chi connectivity index (χ4v) is 5.68. The Labute approximate surface area is 208 Å². The molecule has 0 bridgehead atoms. The second kappa shape index (κ2) is 10.1. The number of ether oxygens (including phenoxy) is 1. The van der Waals surface area contributed by atoms with Crippen LogP contribution in [0.5, 0.6) is 0 Å². The lowest BCUT2D eigenvalue weighted by Gasteiger charge is -2.37. The van der Waals surface area contributed by atoms with Gasteiger partial charge in [-0.05, 0) is 53.5 Å². The highest BCUT2D eigenvalue weighted by atomic mass is 32.2. The molecular weight excluding hydrogens is 464 g/mol. The van der Waals surface area contributed by atoms with E-state index in [4.69, 9.17) is 9.88 Å². The summed E-state index contributed by atoms with van der Waals surface area (Å²) in [6, 6.07) is 8.60. The van der Waals surface area contributed by atoms with E-state index in [0.717, 1.165) is 18.4 Å². The molecule has 3 rings (SSSR count). The quantitative estimate of drug-likeness (QED) is 0.459. The van der Waals surface area contributed by atoms with E-state index in [-0.39, 0.29) is 28.2 Å². The van der Waals surface area contributed by atoms with Gasteiger partial charge in [-0.3, -0.25) is 0 Å². The van der Waals surface area contributed by atoms with Gasteiger partial charge in [0.15, 0.2) is 5.03 Å². The van der Waals surface area contributed by atoms with Crippen molar-refractivity contribution in [2.24, 2.45) is 10.6 Å². The minimum Gasteiger partial charge on any atom is -0.511 e. The van der Waals surface area contributed by atoms with Gasteiger partial charge in [0.05, 0.1) is 0 Å². The molecule has 2 heterocycles. The Kier molecular flexibility index (Phi) is 7.77. The van der Waals surface area contributed by atoms with Crippen molar-refractivity contribution in [3.8, 4) is 11.1 Å². The van der Waals surface area contributed by atoms with Gasteiger partial charge in [0.2, 0.25) is 0 Å². The second-order valence-electron chi connectivity index (χ2n) is 10.5. The second-order valence-corrected chi connectivity index (χ2v) is 12.0. The predicted molar refractivity (Wildman–Crippen MR) is 137 cm³/mol. The first kappa shape index (κ1) is 26.9. The van der Waals surface area contributed by atoms with Gasteiger partial charge in [-0.1, -0.05) is 65.7 Å². The summed E-state index contributed by atoms with van der Waals surface area (Å²) in [5.41, 5.74) is 1.43. The number of aliphatic hydroxyl groups excluding tert-OH is 1. The topological polar surface area (TPSA) is 120 Å². The van der Waals surface area contributed by atoms with Gasteiger partial charge in [0.25, 0.3) is 10.0 Å². The highest BCUT2D eigenvalue weighted by molar-refractivity contribution is 7.89. The fourth-order valence-electron chi connectivity index (χ4n) is 4.99. The number of rotatable bonds is 8. The average molecular weight is 501 g/mol. The summed E-state index contributed by atoms with van der Waals surface area (Å²) in [6.07, 6.45) is 5.15. The summed E-state index contributed by atoms with van der Waals surface area (Å²) >= 11 is 0. The molecule has 1 aliphatic rings. The van der Waals surface area contributed by atoms with Crippen molar-refractivity contribution in [2.45, 2.75) is 83.8 Å². The number of primary sulfonamides is 1. The zero-order valence-corrected chi connectivity index (χ0v) is 22.0. The van der Waals surface area contributed by atoms with Crippen LogP contribution in [0, 0.1) is 5.41 Å². The molecule has 0 fully saturated rings. The van der Waals surface area contributed by atoms with Crippen molar-refractivity contribution in [1.29, 1.82) is 0 Å². The first-order valence-electron chi connectivity index (χ1n) is 12.1. The van der Waals surface area contributed by atoms with Gasteiger partial charge in [0.1, 0.15) is 16.9 Å². The number of pyridine rings is 1. The number of aliphatic hydroxyl groups is 1. The molecule has 1 aromatic carbocycles. The van der Waals surface area contributed by atoms with Gasteiger partial charge < -0.3 is 9.84 Å². The van der Waals surface area contributed by atoms with Gasteiger partial charge in [-0.25, -0.2) is 23.3 Å². The Balaban J connectivity index is 2.28. The first-order chi connectivity index (χ1) is 16.3. The van der Waals surface area contributed by atoms with Crippen molar-refractivity contribution >= 4 is 21.6 Å². The van der Waals surface area contributed by atoms with E-state index in [0.29, 0.717) is 36.0 Å². The maximum Gasteiger partial charge on any atom is 0.342 e. The van der Waals surface area contributed by atoms with Crippen LogP contribution in [0.2, 0.25) is 0 Å². The van der Waals surface area contributed by atoms with Crippen LogP contribution in [-0.2, 0) is 26.0 Å². The monoisotopic (exact) mass is 500 g/mol. The molecule has 0 amide bonds. The third kappa shape index (κ3) is 5.93. The molecule has 35 heavy (non-hydrogen) atoms. The maximum atomic E-state index is 13.4. The molecule has 8 heteroatoms. The molecule has 1 aromatic heterocycles. The largest absolute Gasteiger partial charge is 0.511 e. The molecule has 7 nitrogen and oxygen atoms in total. The Morgan fingerprint density at radius 1 is 1.06 bits per heavy atom. The highest BCUT2D eigenvalue weighted by Crippen LogP contribution is 2.43. The van der Waals surface area contributed by atoms with Crippen molar-refractivity contribution in [3.63, 3.8) is 0 Å². The summed E-state index contributed by atoms with van der Waals surface area (Å²) < 4.78 is 30.6. The third-order valence-corrected chi connectivity index (χ3v) is 7.05. The van der Waals surface area contributed by atoms with Gasteiger partial charge >= 0.3 is 5.97 Å². The lowest BCUT2D eigenvalue weighted by Crippen LogP contribution is -2.40. The van der Waals surface area contributed by atoms with E-state index < -0.39 is 21.6 Å². The summed E-state index contributed by atoms with van der Waals surface area (Å²) in [4.78, 5) is 17.4. The average Bonchev–Trinajstić information content (AvgIpc) is 2.73. The zero-order chi connectivity index (χ0) is 26.0. The standard InChI is InChI=1S/C27H36N2O5S/c1-6-13-27(14-7-2)17-22(30)23(25(31)34-27)19-11-8-10-18(21(19)16-26(3,4)5)20-12-9-15-29-24(20)35(28,32)33/h8-12,15,30H,6-7,13-14,16-17H2,1-5H3,(H2,28,32,33). The number of esters is 1. The van der Waals surface area contributed by atoms with Crippen LogP contribution in [0.15, 0.2) is 47.3 Å². The van der Waals surface area contributed by atoms with Crippen LogP contribution < -0.4 is 5.14 Å². The molecule has 190 valence electrons. The van der Waals surface area contributed by atoms with E-state index in [1.165, 1.54) is 6.20 Å². The van der Waals surface area contributed by atoms with Crippen LogP contribution in [0.4, 0.5) is 0 Å². The number of sulfonamides is 1. The molecule has 0 aliphatic carbocycles. The molecule has 0 atom stereocenters. The highest BCUT2D eigenvalue weighted by Gasteiger charge is 2.42. The Bertz CT molecular complexity index is 1240. The molecule has 0 saturated carbocycles.